The van der Waals surface area contributed by atoms with E-state index in [0.717, 1.165) is 17.0 Å². The Labute approximate surface area is 103 Å². The van der Waals surface area contributed by atoms with Gasteiger partial charge < -0.3 is 15.6 Å². The first-order chi connectivity index (χ1) is 8.56. The van der Waals surface area contributed by atoms with Gasteiger partial charge in [-0.05, 0) is 12.1 Å². The van der Waals surface area contributed by atoms with Crippen molar-refractivity contribution in [3.63, 3.8) is 0 Å². The molecule has 0 saturated heterocycles. The molecule has 0 bridgehead atoms. The predicted octanol–water partition coefficient (Wildman–Crippen LogP) is 0.859. The summed E-state index contributed by atoms with van der Waals surface area (Å²) in [5, 5.41) is 8.50. The average molecular weight is 260 g/mol. The smallest absolute Gasteiger partial charge is 0.319 e. The van der Waals surface area contributed by atoms with Crippen molar-refractivity contribution in [2.24, 2.45) is 5.73 Å². The number of benzene rings is 1. The number of aliphatic hydroxyl groups excluding tert-OH is 1. The molecule has 0 saturated carbocycles. The van der Waals surface area contributed by atoms with E-state index < -0.39 is 17.7 Å². The van der Waals surface area contributed by atoms with Crippen molar-refractivity contribution in [3.8, 4) is 0 Å². The number of rotatable bonds is 6. The van der Waals surface area contributed by atoms with Crippen LogP contribution in [0.3, 0.4) is 0 Å². The lowest BCUT2D eigenvalue weighted by molar-refractivity contribution is 0.0971. The normalized spacial score (nSPS) is 10.4. The van der Waals surface area contributed by atoms with Crippen LogP contribution in [0.4, 0.5) is 19.3 Å². The van der Waals surface area contributed by atoms with Gasteiger partial charge in [-0.2, -0.15) is 0 Å². The summed E-state index contributed by atoms with van der Waals surface area (Å²) in [5.74, 6) is -1.62. The molecule has 0 atom stereocenters. The van der Waals surface area contributed by atoms with Gasteiger partial charge in [0.25, 0.3) is 0 Å². The van der Waals surface area contributed by atoms with Crippen molar-refractivity contribution in [2.45, 2.75) is 0 Å². The van der Waals surface area contributed by atoms with Gasteiger partial charge in [-0.15, -0.1) is 0 Å². The van der Waals surface area contributed by atoms with Crippen LogP contribution in [-0.4, -0.2) is 37.5 Å². The highest BCUT2D eigenvalue weighted by Crippen LogP contribution is 2.19. The Kier molecular flexibility index (Phi) is 5.47. The second-order valence-electron chi connectivity index (χ2n) is 3.42. The number of hydrogen-bond donors (Lipinski definition) is 2. The molecule has 1 rings (SSSR count). The van der Waals surface area contributed by atoms with Crippen molar-refractivity contribution in [3.05, 3.63) is 29.8 Å². The molecule has 0 unspecified atom stereocenters. The van der Waals surface area contributed by atoms with Crippen molar-refractivity contribution < 1.29 is 23.4 Å². The number of aliphatic hydroxyl groups is 1. The monoisotopic (exact) mass is 260 g/mol. The lowest BCUT2D eigenvalue weighted by atomic mass is 10.2. The molecule has 0 aliphatic rings. The van der Waals surface area contributed by atoms with Crippen LogP contribution in [0, 0.1) is 11.6 Å². The summed E-state index contributed by atoms with van der Waals surface area (Å²) in [5.41, 5.74) is 5.00. The fraction of sp³-hybridized carbons (Fsp3) is 0.364. The summed E-state index contributed by atoms with van der Waals surface area (Å²) in [6.45, 7) is 0.0538. The Morgan fingerprint density at radius 2 is 2.11 bits per heavy atom. The maximum atomic E-state index is 13.5. The highest BCUT2D eigenvalue weighted by atomic mass is 19.1. The van der Waals surface area contributed by atoms with Crippen molar-refractivity contribution in [1.29, 1.82) is 0 Å². The van der Waals surface area contributed by atoms with Crippen molar-refractivity contribution >= 4 is 11.7 Å². The number of urea groups is 1. The zero-order valence-electron chi connectivity index (χ0n) is 9.60. The van der Waals surface area contributed by atoms with Gasteiger partial charge in [-0.25, -0.2) is 13.6 Å². The van der Waals surface area contributed by atoms with Crippen LogP contribution in [0.2, 0.25) is 0 Å². The number of nitrogens with zero attached hydrogens (tertiary/aromatic N) is 1. The minimum atomic E-state index is -0.879. The molecule has 0 heterocycles. The number of nitrogens with two attached hydrogens (primary N) is 1. The van der Waals surface area contributed by atoms with E-state index >= 15 is 0 Å². The van der Waals surface area contributed by atoms with Crippen LogP contribution in [0.5, 0.6) is 0 Å². The van der Waals surface area contributed by atoms with Gasteiger partial charge >= 0.3 is 6.03 Å². The van der Waals surface area contributed by atoms with Crippen LogP contribution in [0.25, 0.3) is 0 Å². The van der Waals surface area contributed by atoms with E-state index in [9.17, 15) is 13.6 Å². The second kappa shape index (κ2) is 6.87. The summed E-state index contributed by atoms with van der Waals surface area (Å²) < 4.78 is 31.2. The minimum absolute atomic E-state index is 0.0118. The molecule has 3 N–H and O–H groups in total. The molecule has 100 valence electrons. The lowest BCUT2D eigenvalue weighted by Crippen LogP contribution is -2.39. The van der Waals surface area contributed by atoms with Gasteiger partial charge in [0, 0.05) is 6.07 Å². The number of anilines is 1. The maximum Gasteiger partial charge on any atom is 0.319 e. The van der Waals surface area contributed by atoms with E-state index in [2.05, 4.69) is 0 Å². The summed E-state index contributed by atoms with van der Waals surface area (Å²) in [6.07, 6.45) is 0. The zero-order chi connectivity index (χ0) is 13.5. The summed E-state index contributed by atoms with van der Waals surface area (Å²) >= 11 is 0. The maximum absolute atomic E-state index is 13.5. The Morgan fingerprint density at radius 1 is 1.39 bits per heavy atom. The van der Waals surface area contributed by atoms with Gasteiger partial charge in [-0.1, -0.05) is 0 Å². The minimum Gasteiger partial charge on any atom is -0.394 e. The van der Waals surface area contributed by atoms with Gasteiger partial charge in [0.2, 0.25) is 0 Å². The first-order valence-electron chi connectivity index (χ1n) is 5.27. The van der Waals surface area contributed by atoms with Gasteiger partial charge in [-0.3, -0.25) is 4.90 Å². The highest BCUT2D eigenvalue weighted by molar-refractivity contribution is 5.90. The molecule has 2 amide bonds. The van der Waals surface area contributed by atoms with Crippen LogP contribution in [0.1, 0.15) is 0 Å². The van der Waals surface area contributed by atoms with E-state index in [-0.39, 0.29) is 32.1 Å². The molecule has 0 fully saturated rings. The quantitative estimate of drug-likeness (QED) is 0.745. The van der Waals surface area contributed by atoms with E-state index in [4.69, 9.17) is 15.6 Å². The third-order valence-corrected chi connectivity index (χ3v) is 2.16. The number of amides is 2. The van der Waals surface area contributed by atoms with Crippen LogP contribution in [0.15, 0.2) is 18.2 Å². The second-order valence-corrected chi connectivity index (χ2v) is 3.42. The van der Waals surface area contributed by atoms with Crippen LogP contribution in [-0.2, 0) is 4.74 Å². The topological polar surface area (TPSA) is 75.8 Å². The molecule has 1 aromatic carbocycles. The van der Waals surface area contributed by atoms with E-state index in [1.165, 1.54) is 0 Å². The third kappa shape index (κ3) is 3.94. The molecule has 0 aliphatic heterocycles. The summed E-state index contributed by atoms with van der Waals surface area (Å²) in [6, 6.07) is 1.96. The Morgan fingerprint density at radius 3 is 2.67 bits per heavy atom. The lowest BCUT2D eigenvalue weighted by Gasteiger charge is -2.20. The van der Waals surface area contributed by atoms with E-state index in [1.807, 2.05) is 0 Å². The first kappa shape index (κ1) is 14.3. The standard InChI is InChI=1S/C11H14F2N2O3/c12-8-1-2-10(9(13)7-8)15(11(14)17)3-5-18-6-4-16/h1-2,7,16H,3-6H2,(H2,14,17). The summed E-state index contributed by atoms with van der Waals surface area (Å²) in [4.78, 5) is 12.1. The number of carbonyl (C=O) groups is 1. The van der Waals surface area contributed by atoms with Crippen molar-refractivity contribution in [2.75, 3.05) is 31.3 Å². The molecule has 0 aromatic heterocycles. The fourth-order valence-corrected chi connectivity index (χ4v) is 1.37. The van der Waals surface area contributed by atoms with Gasteiger partial charge in [0.15, 0.2) is 0 Å². The van der Waals surface area contributed by atoms with Crippen LogP contribution < -0.4 is 10.6 Å². The van der Waals surface area contributed by atoms with Gasteiger partial charge in [0.1, 0.15) is 11.6 Å². The average Bonchev–Trinajstić information content (AvgIpc) is 2.30. The Balaban J connectivity index is 2.75. The molecule has 18 heavy (non-hydrogen) atoms. The van der Waals surface area contributed by atoms with Crippen molar-refractivity contribution in [1.82, 2.24) is 0 Å². The highest BCUT2D eigenvalue weighted by Gasteiger charge is 2.16. The SMILES string of the molecule is NC(=O)N(CCOCCO)c1ccc(F)cc1F. The fourth-order valence-electron chi connectivity index (χ4n) is 1.37. The molecule has 5 nitrogen and oxygen atoms in total. The van der Waals surface area contributed by atoms with Crippen LogP contribution >= 0.6 is 0 Å². The molecular weight excluding hydrogens is 246 g/mol. The Hall–Kier alpha value is -1.73. The molecule has 7 heteroatoms. The Bertz CT molecular complexity index is 415. The van der Waals surface area contributed by atoms with E-state index in [1.54, 1.807) is 0 Å². The zero-order valence-corrected chi connectivity index (χ0v) is 9.60. The number of halogens is 2. The molecular formula is C11H14F2N2O3. The number of carbonyl (C=O) groups excluding carboxylic acids is 1. The molecule has 1 aromatic rings. The molecule has 0 aliphatic carbocycles. The molecule has 0 spiro atoms. The predicted molar refractivity (Wildman–Crippen MR) is 61.2 cm³/mol. The molecule has 0 radical (unpaired) electrons. The number of primary amides is 1. The third-order valence-electron chi connectivity index (χ3n) is 2.16. The summed E-state index contributed by atoms with van der Waals surface area (Å²) in [7, 11) is 0. The number of ether oxygens (including phenoxy) is 1. The largest absolute Gasteiger partial charge is 0.394 e. The number of hydrogen-bond acceptors (Lipinski definition) is 3. The van der Waals surface area contributed by atoms with E-state index in [0.29, 0.717) is 6.07 Å². The van der Waals surface area contributed by atoms with Gasteiger partial charge in [0.05, 0.1) is 32.1 Å². The first-order valence-corrected chi connectivity index (χ1v) is 5.27.